The summed E-state index contributed by atoms with van der Waals surface area (Å²) in [5.41, 5.74) is 0.993. The zero-order valence-corrected chi connectivity index (χ0v) is 15.2. The minimum absolute atomic E-state index is 0.145. The highest BCUT2D eigenvalue weighted by Crippen LogP contribution is 2.34. The number of hydrogen-bond donors (Lipinski definition) is 2. The Morgan fingerprint density at radius 2 is 2.12 bits per heavy atom. The van der Waals surface area contributed by atoms with Gasteiger partial charge in [-0.1, -0.05) is 25.0 Å². The van der Waals surface area contributed by atoms with E-state index in [0.29, 0.717) is 25.2 Å². The number of hydrogen-bond acceptors (Lipinski definition) is 5. The van der Waals surface area contributed by atoms with E-state index in [2.05, 4.69) is 21.6 Å². The monoisotopic (exact) mass is 358 g/mol. The van der Waals surface area contributed by atoms with E-state index in [1.807, 2.05) is 12.1 Å². The lowest BCUT2D eigenvalue weighted by molar-refractivity contribution is 0.169. The highest BCUT2D eigenvalue weighted by molar-refractivity contribution is 5.47. The van der Waals surface area contributed by atoms with Crippen molar-refractivity contribution in [2.45, 2.75) is 44.7 Å². The van der Waals surface area contributed by atoms with Crippen LogP contribution in [0.15, 0.2) is 23.0 Å². The van der Waals surface area contributed by atoms with Gasteiger partial charge in [0.1, 0.15) is 19.0 Å². The van der Waals surface area contributed by atoms with Crippen LogP contribution in [0.5, 0.6) is 11.5 Å². The minimum atomic E-state index is -0.145. The van der Waals surface area contributed by atoms with E-state index in [-0.39, 0.29) is 5.69 Å². The van der Waals surface area contributed by atoms with E-state index < -0.39 is 0 Å². The molecule has 1 fully saturated rings. The molecule has 0 radical (unpaired) electrons. The summed E-state index contributed by atoms with van der Waals surface area (Å²) in [7, 11) is 1.78. The van der Waals surface area contributed by atoms with Crippen LogP contribution in [0.1, 0.15) is 37.1 Å². The van der Waals surface area contributed by atoms with E-state index >= 15 is 0 Å². The molecule has 26 heavy (non-hydrogen) atoms. The molecule has 1 aliphatic carbocycles. The molecule has 0 amide bonds. The van der Waals surface area contributed by atoms with Crippen LogP contribution in [0, 0.1) is 5.92 Å². The van der Waals surface area contributed by atoms with Crippen molar-refractivity contribution in [2.75, 3.05) is 13.2 Å². The van der Waals surface area contributed by atoms with E-state index in [9.17, 15) is 4.79 Å². The number of nitrogens with one attached hydrogen (secondary N) is 2. The Balaban J connectivity index is 1.44. The molecule has 0 spiro atoms. The summed E-state index contributed by atoms with van der Waals surface area (Å²) in [6, 6.07) is 6.48. The van der Waals surface area contributed by atoms with Gasteiger partial charge in [0.15, 0.2) is 11.5 Å². The highest BCUT2D eigenvalue weighted by Gasteiger charge is 2.27. The second kappa shape index (κ2) is 7.53. The Morgan fingerprint density at radius 1 is 1.27 bits per heavy atom. The second-order valence-electron chi connectivity index (χ2n) is 7.18. The molecule has 1 aromatic heterocycles. The van der Waals surface area contributed by atoms with Crippen molar-refractivity contribution in [1.82, 2.24) is 20.1 Å². The van der Waals surface area contributed by atoms with Crippen LogP contribution in [-0.2, 0) is 20.0 Å². The van der Waals surface area contributed by atoms with Crippen LogP contribution >= 0.6 is 0 Å². The van der Waals surface area contributed by atoms with E-state index in [1.54, 1.807) is 11.6 Å². The molecule has 2 aliphatic rings. The second-order valence-corrected chi connectivity index (χ2v) is 7.18. The number of ether oxygens (including phenoxy) is 2. The van der Waals surface area contributed by atoms with Crippen molar-refractivity contribution in [1.29, 1.82) is 0 Å². The Labute approximate surface area is 152 Å². The third kappa shape index (κ3) is 3.49. The van der Waals surface area contributed by atoms with Crippen molar-refractivity contribution in [3.05, 3.63) is 40.1 Å². The topological polar surface area (TPSA) is 81.2 Å². The fraction of sp³-hybridized carbons (Fsp3) is 0.579. The molecule has 2 heterocycles. The van der Waals surface area contributed by atoms with Crippen molar-refractivity contribution in [3.63, 3.8) is 0 Å². The predicted molar refractivity (Wildman–Crippen MR) is 97.6 cm³/mol. The van der Waals surface area contributed by atoms with Gasteiger partial charge in [-0.2, -0.15) is 5.10 Å². The molecule has 0 bridgehead atoms. The Hall–Kier alpha value is -2.28. The molecule has 1 aliphatic heterocycles. The molecule has 1 saturated carbocycles. The first-order valence-corrected chi connectivity index (χ1v) is 9.43. The van der Waals surface area contributed by atoms with E-state index in [1.165, 1.54) is 12.8 Å². The van der Waals surface area contributed by atoms with E-state index in [0.717, 1.165) is 48.7 Å². The smallest absolute Gasteiger partial charge is 0.343 e. The highest BCUT2D eigenvalue weighted by atomic mass is 16.6. The lowest BCUT2D eigenvalue weighted by atomic mass is 9.82. The zero-order chi connectivity index (χ0) is 17.9. The summed E-state index contributed by atoms with van der Waals surface area (Å²) < 4.78 is 13.1. The fourth-order valence-corrected chi connectivity index (χ4v) is 4.03. The van der Waals surface area contributed by atoms with Gasteiger partial charge in [-0.05, 0) is 24.8 Å². The lowest BCUT2D eigenvalue weighted by Crippen LogP contribution is -2.39. The average molecular weight is 358 g/mol. The number of aromatic amines is 1. The molecule has 140 valence electrons. The first-order valence-electron chi connectivity index (χ1n) is 9.43. The number of rotatable bonds is 5. The number of fused-ring (bicyclic) bond motifs is 1. The maximum atomic E-state index is 11.6. The molecule has 0 unspecified atom stereocenters. The van der Waals surface area contributed by atoms with Gasteiger partial charge in [0.05, 0.1) is 0 Å². The van der Waals surface area contributed by atoms with Gasteiger partial charge in [-0.15, -0.1) is 0 Å². The maximum absolute atomic E-state index is 11.6. The Kier molecular flexibility index (Phi) is 4.97. The third-order valence-corrected chi connectivity index (χ3v) is 5.53. The van der Waals surface area contributed by atoms with E-state index in [4.69, 9.17) is 9.47 Å². The van der Waals surface area contributed by atoms with Crippen LogP contribution in [-0.4, -0.2) is 34.0 Å². The Bertz CT molecular complexity index is 813. The molecule has 2 N–H and O–H groups in total. The normalized spacial score (nSPS) is 22.3. The van der Waals surface area contributed by atoms with Crippen molar-refractivity contribution < 1.29 is 9.47 Å². The molecule has 7 heteroatoms. The standard InChI is InChI=1S/C19H26N4O3/c1-23-17(21-22-19(23)24)11-13-5-2-3-7-15(13)20-12-14-6-4-8-16-18(14)26-10-9-25-16/h4,6,8,13,15,20H,2-3,5,7,9-12H2,1H3,(H,22,24)/t13-,15-/m1/s1. The number of para-hydroxylation sites is 1. The fourth-order valence-electron chi connectivity index (χ4n) is 4.03. The van der Waals surface area contributed by atoms with Crippen molar-refractivity contribution in [2.24, 2.45) is 13.0 Å². The first kappa shape index (κ1) is 17.1. The minimum Gasteiger partial charge on any atom is -0.486 e. The third-order valence-electron chi connectivity index (χ3n) is 5.53. The first-order chi connectivity index (χ1) is 12.7. The van der Waals surface area contributed by atoms with Crippen LogP contribution in [0.4, 0.5) is 0 Å². The van der Waals surface area contributed by atoms with Crippen LogP contribution in [0.25, 0.3) is 0 Å². The Morgan fingerprint density at radius 3 is 2.96 bits per heavy atom. The summed E-state index contributed by atoms with van der Waals surface area (Å²) in [4.78, 5) is 11.6. The summed E-state index contributed by atoms with van der Waals surface area (Å²) in [5.74, 6) is 3.02. The van der Waals surface area contributed by atoms with Crippen molar-refractivity contribution >= 4 is 0 Å². The van der Waals surface area contributed by atoms with Crippen molar-refractivity contribution in [3.8, 4) is 11.5 Å². The quantitative estimate of drug-likeness (QED) is 0.851. The summed E-state index contributed by atoms with van der Waals surface area (Å²) in [6.45, 7) is 1.97. The van der Waals surface area contributed by atoms with Gasteiger partial charge < -0.3 is 14.8 Å². The average Bonchev–Trinajstić information content (AvgIpc) is 2.99. The summed E-state index contributed by atoms with van der Waals surface area (Å²) in [5, 5.41) is 10.4. The molecule has 1 aromatic carbocycles. The lowest BCUT2D eigenvalue weighted by Gasteiger charge is -2.32. The molecular formula is C19H26N4O3. The van der Waals surface area contributed by atoms with Crippen LogP contribution in [0.3, 0.4) is 0 Å². The number of aromatic nitrogens is 3. The largest absolute Gasteiger partial charge is 0.486 e. The molecule has 4 rings (SSSR count). The summed E-state index contributed by atoms with van der Waals surface area (Å²) >= 11 is 0. The number of nitrogens with zero attached hydrogens (tertiary/aromatic N) is 2. The van der Waals surface area contributed by atoms with Gasteiger partial charge in [0.2, 0.25) is 0 Å². The van der Waals surface area contributed by atoms with Gasteiger partial charge in [-0.25, -0.2) is 9.89 Å². The zero-order valence-electron chi connectivity index (χ0n) is 15.2. The maximum Gasteiger partial charge on any atom is 0.343 e. The molecule has 2 aromatic rings. The van der Waals surface area contributed by atoms with Crippen LogP contribution < -0.4 is 20.5 Å². The van der Waals surface area contributed by atoms with Crippen LogP contribution in [0.2, 0.25) is 0 Å². The van der Waals surface area contributed by atoms with Gasteiger partial charge in [0, 0.05) is 31.6 Å². The van der Waals surface area contributed by atoms with Gasteiger partial charge >= 0.3 is 5.69 Å². The number of H-pyrrole nitrogens is 1. The number of benzene rings is 1. The molecule has 0 saturated heterocycles. The molecule has 2 atom stereocenters. The molecule has 7 nitrogen and oxygen atoms in total. The summed E-state index contributed by atoms with van der Waals surface area (Å²) in [6.07, 6.45) is 5.60. The molecular weight excluding hydrogens is 332 g/mol. The SMILES string of the molecule is Cn1c(C[C@H]2CCCC[C@H]2NCc2cccc3c2OCCO3)n[nH]c1=O. The predicted octanol–water partition coefficient (Wildman–Crippen LogP) is 1.77. The van der Waals surface area contributed by atoms with Gasteiger partial charge in [-0.3, -0.25) is 4.57 Å². The van der Waals surface area contributed by atoms with Gasteiger partial charge in [0.25, 0.3) is 0 Å².